The molecule has 1 saturated heterocycles. The normalized spacial score (nSPS) is 34.4. The number of carbonyl (C=O) groups is 1. The summed E-state index contributed by atoms with van der Waals surface area (Å²) in [6.45, 7) is 2.75. The third-order valence-corrected chi connectivity index (χ3v) is 4.15. The fourth-order valence-corrected chi connectivity index (χ4v) is 3.02. The van der Waals surface area contributed by atoms with E-state index in [0.29, 0.717) is 12.0 Å². The summed E-state index contributed by atoms with van der Waals surface area (Å²) in [5, 5.41) is 0. The van der Waals surface area contributed by atoms with E-state index < -0.39 is 0 Å². The largest absolute Gasteiger partial charge is 0.369 e. The molecule has 1 saturated carbocycles. The van der Waals surface area contributed by atoms with Crippen molar-refractivity contribution in [1.82, 2.24) is 0 Å². The second kappa shape index (κ2) is 6.53. The van der Waals surface area contributed by atoms with E-state index in [1.807, 2.05) is 6.92 Å². The van der Waals surface area contributed by atoms with Crippen molar-refractivity contribution in [2.45, 2.75) is 64.3 Å². The monoisotopic (exact) mass is 255 g/mol. The molecule has 2 rings (SSSR count). The average Bonchev–Trinajstić information content (AvgIpc) is 2.77. The fourth-order valence-electron chi connectivity index (χ4n) is 3.02. The van der Waals surface area contributed by atoms with Gasteiger partial charge in [0.15, 0.2) is 6.29 Å². The molecule has 1 amide bonds. The van der Waals surface area contributed by atoms with Crippen LogP contribution in [-0.2, 0) is 14.3 Å². The van der Waals surface area contributed by atoms with Crippen molar-refractivity contribution in [3.8, 4) is 0 Å². The molecule has 0 aromatic rings. The maximum absolute atomic E-state index is 11.1. The molecular formula is C14H25NO3. The van der Waals surface area contributed by atoms with Gasteiger partial charge < -0.3 is 15.2 Å². The van der Waals surface area contributed by atoms with Crippen molar-refractivity contribution >= 4 is 5.91 Å². The summed E-state index contributed by atoms with van der Waals surface area (Å²) < 4.78 is 11.6. The smallest absolute Gasteiger partial charge is 0.220 e. The van der Waals surface area contributed by atoms with Crippen molar-refractivity contribution in [3.05, 3.63) is 0 Å². The molecule has 4 unspecified atom stereocenters. The Labute approximate surface area is 109 Å². The van der Waals surface area contributed by atoms with E-state index in [0.717, 1.165) is 45.1 Å². The molecule has 0 spiro atoms. The van der Waals surface area contributed by atoms with E-state index in [-0.39, 0.29) is 18.1 Å². The van der Waals surface area contributed by atoms with Gasteiger partial charge in [-0.3, -0.25) is 4.79 Å². The SMILES string of the molecule is CC(CC1CCC(OC2CCCCO2)C1)C(N)=O. The molecule has 1 aliphatic carbocycles. The molecule has 0 radical (unpaired) electrons. The molecule has 104 valence electrons. The van der Waals surface area contributed by atoms with Gasteiger partial charge in [0, 0.05) is 12.5 Å². The Morgan fingerprint density at radius 1 is 1.39 bits per heavy atom. The van der Waals surface area contributed by atoms with Gasteiger partial charge >= 0.3 is 0 Å². The van der Waals surface area contributed by atoms with Crippen LogP contribution in [0.3, 0.4) is 0 Å². The van der Waals surface area contributed by atoms with Crippen molar-refractivity contribution < 1.29 is 14.3 Å². The highest BCUT2D eigenvalue weighted by atomic mass is 16.7. The second-order valence-electron chi connectivity index (χ2n) is 5.77. The summed E-state index contributed by atoms with van der Waals surface area (Å²) in [6, 6.07) is 0. The number of amides is 1. The molecule has 2 fully saturated rings. The summed E-state index contributed by atoms with van der Waals surface area (Å²) in [6.07, 6.45) is 7.92. The second-order valence-corrected chi connectivity index (χ2v) is 5.77. The molecule has 0 aromatic heterocycles. The first-order chi connectivity index (χ1) is 8.65. The minimum absolute atomic E-state index is 0.0102. The van der Waals surface area contributed by atoms with Crippen LogP contribution in [0.15, 0.2) is 0 Å². The Bertz CT molecular complexity index is 276. The third-order valence-electron chi connectivity index (χ3n) is 4.15. The lowest BCUT2D eigenvalue weighted by atomic mass is 9.94. The van der Waals surface area contributed by atoms with E-state index in [1.165, 1.54) is 6.42 Å². The number of nitrogens with two attached hydrogens (primary N) is 1. The quantitative estimate of drug-likeness (QED) is 0.819. The van der Waals surface area contributed by atoms with E-state index in [4.69, 9.17) is 15.2 Å². The molecule has 4 heteroatoms. The van der Waals surface area contributed by atoms with Gasteiger partial charge in [-0.1, -0.05) is 6.92 Å². The number of rotatable bonds is 5. The van der Waals surface area contributed by atoms with Crippen molar-refractivity contribution in [3.63, 3.8) is 0 Å². The maximum atomic E-state index is 11.1. The third kappa shape index (κ3) is 3.95. The topological polar surface area (TPSA) is 61.6 Å². The number of carbonyl (C=O) groups excluding carboxylic acids is 1. The van der Waals surface area contributed by atoms with Crippen LogP contribution in [0.5, 0.6) is 0 Å². The van der Waals surface area contributed by atoms with Crippen LogP contribution in [0.2, 0.25) is 0 Å². The summed E-state index contributed by atoms with van der Waals surface area (Å²) in [5.74, 6) is 0.385. The summed E-state index contributed by atoms with van der Waals surface area (Å²) in [7, 11) is 0. The van der Waals surface area contributed by atoms with Crippen molar-refractivity contribution in [2.75, 3.05) is 6.61 Å². The van der Waals surface area contributed by atoms with E-state index >= 15 is 0 Å². The lowest BCUT2D eigenvalue weighted by Gasteiger charge is -2.26. The maximum Gasteiger partial charge on any atom is 0.220 e. The first-order valence-electron chi connectivity index (χ1n) is 7.21. The Morgan fingerprint density at radius 2 is 2.22 bits per heavy atom. The molecule has 1 heterocycles. The lowest BCUT2D eigenvalue weighted by Crippen LogP contribution is -2.27. The van der Waals surface area contributed by atoms with E-state index in [9.17, 15) is 4.79 Å². The molecule has 4 nitrogen and oxygen atoms in total. The van der Waals surface area contributed by atoms with Gasteiger partial charge in [-0.2, -0.15) is 0 Å². The van der Waals surface area contributed by atoms with Crippen LogP contribution in [0.1, 0.15) is 51.9 Å². The molecule has 1 aliphatic heterocycles. The number of hydrogen-bond donors (Lipinski definition) is 1. The zero-order valence-electron chi connectivity index (χ0n) is 11.3. The van der Waals surface area contributed by atoms with Crippen molar-refractivity contribution in [2.24, 2.45) is 17.6 Å². The predicted molar refractivity (Wildman–Crippen MR) is 68.8 cm³/mol. The average molecular weight is 255 g/mol. The van der Waals surface area contributed by atoms with Crippen LogP contribution in [0, 0.1) is 11.8 Å². The lowest BCUT2D eigenvalue weighted by molar-refractivity contribution is -0.186. The summed E-state index contributed by atoms with van der Waals surface area (Å²) in [5.41, 5.74) is 5.31. The molecule has 2 N–H and O–H groups in total. The van der Waals surface area contributed by atoms with Gasteiger partial charge in [0.05, 0.1) is 6.10 Å². The van der Waals surface area contributed by atoms with Gasteiger partial charge in [0.2, 0.25) is 5.91 Å². The molecule has 2 aliphatic rings. The highest BCUT2D eigenvalue weighted by Gasteiger charge is 2.30. The van der Waals surface area contributed by atoms with E-state index in [1.54, 1.807) is 0 Å². The minimum Gasteiger partial charge on any atom is -0.369 e. The summed E-state index contributed by atoms with van der Waals surface area (Å²) in [4.78, 5) is 11.1. The highest BCUT2D eigenvalue weighted by Crippen LogP contribution is 2.34. The van der Waals surface area contributed by atoms with Crippen LogP contribution in [0.25, 0.3) is 0 Å². The van der Waals surface area contributed by atoms with Gasteiger partial charge in [-0.15, -0.1) is 0 Å². The van der Waals surface area contributed by atoms with Gasteiger partial charge in [-0.25, -0.2) is 0 Å². The number of primary amides is 1. The minimum atomic E-state index is -0.185. The zero-order valence-corrected chi connectivity index (χ0v) is 11.3. The molecule has 0 bridgehead atoms. The number of hydrogen-bond acceptors (Lipinski definition) is 3. The first kappa shape index (κ1) is 13.8. The van der Waals surface area contributed by atoms with Crippen LogP contribution in [0.4, 0.5) is 0 Å². The standard InChI is InChI=1S/C14H25NO3/c1-10(14(15)16)8-11-5-6-12(9-11)18-13-4-2-3-7-17-13/h10-13H,2-9H2,1H3,(H2,15,16). The molecular weight excluding hydrogens is 230 g/mol. The Balaban J connectivity index is 1.69. The molecule has 0 aromatic carbocycles. The van der Waals surface area contributed by atoms with Crippen molar-refractivity contribution in [1.29, 1.82) is 0 Å². The van der Waals surface area contributed by atoms with Gasteiger partial charge in [0.1, 0.15) is 0 Å². The predicted octanol–water partition coefficient (Wildman–Crippen LogP) is 2.21. The fraction of sp³-hybridized carbons (Fsp3) is 0.929. The van der Waals surface area contributed by atoms with Gasteiger partial charge in [0.25, 0.3) is 0 Å². The molecule has 4 atom stereocenters. The first-order valence-corrected chi connectivity index (χ1v) is 7.21. The van der Waals surface area contributed by atoms with Crippen LogP contribution >= 0.6 is 0 Å². The highest BCUT2D eigenvalue weighted by molar-refractivity contribution is 5.76. The van der Waals surface area contributed by atoms with Gasteiger partial charge in [-0.05, 0) is 50.9 Å². The van der Waals surface area contributed by atoms with Crippen LogP contribution < -0.4 is 5.73 Å². The Kier molecular flexibility index (Phi) is 5.01. The van der Waals surface area contributed by atoms with Crippen LogP contribution in [-0.4, -0.2) is 24.9 Å². The molecule has 18 heavy (non-hydrogen) atoms. The number of ether oxygens (including phenoxy) is 2. The van der Waals surface area contributed by atoms with E-state index in [2.05, 4.69) is 0 Å². The Hall–Kier alpha value is -0.610. The Morgan fingerprint density at radius 3 is 2.89 bits per heavy atom. The zero-order chi connectivity index (χ0) is 13.0. The summed E-state index contributed by atoms with van der Waals surface area (Å²) >= 11 is 0.